The van der Waals surface area contributed by atoms with Crippen molar-refractivity contribution in [1.29, 1.82) is 0 Å². The lowest BCUT2D eigenvalue weighted by atomic mass is 10.1. The second-order valence-electron chi connectivity index (χ2n) is 4.37. The van der Waals surface area contributed by atoms with Crippen LogP contribution in [0, 0.1) is 13.8 Å². The number of pyridine rings is 1. The Kier molecular flexibility index (Phi) is 4.24. The van der Waals surface area contributed by atoms with Crippen LogP contribution >= 0.6 is 11.3 Å². The van der Waals surface area contributed by atoms with Crippen molar-refractivity contribution < 1.29 is 14.6 Å². The minimum Gasteiger partial charge on any atom is -0.496 e. The number of nitrogens with zero attached hydrogens (tertiary/aromatic N) is 2. The summed E-state index contributed by atoms with van der Waals surface area (Å²) in [5.74, 6) is 0.756. The molecule has 1 amide bonds. The Hall–Kier alpha value is -2.08. The molecule has 0 aromatic carbocycles. The lowest BCUT2D eigenvalue weighted by Gasteiger charge is -2.19. The Bertz CT molecular complexity index is 611. The molecule has 0 bridgehead atoms. The van der Waals surface area contributed by atoms with Gasteiger partial charge in [0.1, 0.15) is 10.8 Å². The number of hydrogen-bond acceptors (Lipinski definition) is 4. The molecule has 0 unspecified atom stereocenters. The SMILES string of the molecule is COc1c(C)cnc(CN(C(=O)O)c2cccs2)c1C. The summed E-state index contributed by atoms with van der Waals surface area (Å²) in [6.45, 7) is 4.01. The first-order valence-electron chi connectivity index (χ1n) is 6.07. The summed E-state index contributed by atoms with van der Waals surface area (Å²) in [5.41, 5.74) is 2.50. The third-order valence-corrected chi connectivity index (χ3v) is 3.95. The standard InChI is InChI=1S/C14H16N2O3S/c1-9-7-15-11(10(2)13(9)19-3)8-16(14(17)18)12-5-4-6-20-12/h4-7H,8H2,1-3H3,(H,17,18). The molecular formula is C14H16N2O3S. The molecule has 0 spiro atoms. The normalized spacial score (nSPS) is 10.3. The van der Waals surface area contributed by atoms with Gasteiger partial charge in [0.25, 0.3) is 0 Å². The van der Waals surface area contributed by atoms with Crippen molar-refractivity contribution in [3.05, 3.63) is 40.5 Å². The van der Waals surface area contributed by atoms with Gasteiger partial charge in [0.15, 0.2) is 0 Å². The third kappa shape index (κ3) is 2.75. The second kappa shape index (κ2) is 5.92. The molecule has 1 N–H and O–H groups in total. The summed E-state index contributed by atoms with van der Waals surface area (Å²) in [4.78, 5) is 17.0. The number of thiophene rings is 1. The van der Waals surface area contributed by atoms with Crippen LogP contribution in [0.25, 0.3) is 0 Å². The fourth-order valence-corrected chi connectivity index (χ4v) is 2.77. The molecule has 2 rings (SSSR count). The van der Waals surface area contributed by atoms with Gasteiger partial charge in [0, 0.05) is 17.3 Å². The van der Waals surface area contributed by atoms with Gasteiger partial charge in [0.2, 0.25) is 0 Å². The van der Waals surface area contributed by atoms with Crippen molar-refractivity contribution in [2.75, 3.05) is 12.0 Å². The minimum atomic E-state index is -0.992. The highest BCUT2D eigenvalue weighted by atomic mass is 32.1. The fraction of sp³-hybridized carbons (Fsp3) is 0.286. The molecule has 2 aromatic rings. The van der Waals surface area contributed by atoms with E-state index in [4.69, 9.17) is 4.74 Å². The first-order chi connectivity index (χ1) is 9.54. The van der Waals surface area contributed by atoms with Crippen molar-refractivity contribution in [3.8, 4) is 5.75 Å². The van der Waals surface area contributed by atoms with Crippen molar-refractivity contribution in [3.63, 3.8) is 0 Å². The average Bonchev–Trinajstić information content (AvgIpc) is 2.91. The number of carboxylic acid groups (broad SMARTS) is 1. The number of ether oxygens (including phenoxy) is 1. The highest BCUT2D eigenvalue weighted by Crippen LogP contribution is 2.28. The van der Waals surface area contributed by atoms with E-state index in [0.29, 0.717) is 10.7 Å². The van der Waals surface area contributed by atoms with Gasteiger partial charge in [0.05, 0.1) is 19.3 Å². The van der Waals surface area contributed by atoms with Crippen molar-refractivity contribution in [2.24, 2.45) is 0 Å². The van der Waals surface area contributed by atoms with E-state index >= 15 is 0 Å². The smallest absolute Gasteiger partial charge is 0.412 e. The zero-order chi connectivity index (χ0) is 14.7. The molecule has 20 heavy (non-hydrogen) atoms. The Labute approximate surface area is 121 Å². The molecule has 0 atom stereocenters. The Morgan fingerprint density at radius 1 is 1.50 bits per heavy atom. The quantitative estimate of drug-likeness (QED) is 0.937. The maximum Gasteiger partial charge on any atom is 0.412 e. The lowest BCUT2D eigenvalue weighted by molar-refractivity contribution is 0.201. The molecular weight excluding hydrogens is 276 g/mol. The summed E-state index contributed by atoms with van der Waals surface area (Å²) in [6.07, 6.45) is 0.712. The van der Waals surface area contributed by atoms with Gasteiger partial charge >= 0.3 is 6.09 Å². The van der Waals surface area contributed by atoms with Crippen molar-refractivity contribution in [1.82, 2.24) is 4.98 Å². The van der Waals surface area contributed by atoms with E-state index in [1.165, 1.54) is 16.2 Å². The maximum atomic E-state index is 11.4. The van der Waals surface area contributed by atoms with Gasteiger partial charge < -0.3 is 9.84 Å². The zero-order valence-corrected chi connectivity index (χ0v) is 12.4. The summed E-state index contributed by atoms with van der Waals surface area (Å²) in [6, 6.07) is 3.60. The zero-order valence-electron chi connectivity index (χ0n) is 11.6. The van der Waals surface area contributed by atoms with Gasteiger partial charge in [-0.1, -0.05) is 0 Å². The summed E-state index contributed by atoms with van der Waals surface area (Å²) < 4.78 is 5.35. The van der Waals surface area contributed by atoms with Crippen LogP contribution in [-0.2, 0) is 6.54 Å². The van der Waals surface area contributed by atoms with E-state index in [1.807, 2.05) is 25.3 Å². The number of hydrogen-bond donors (Lipinski definition) is 1. The number of carbonyl (C=O) groups is 1. The Morgan fingerprint density at radius 2 is 2.25 bits per heavy atom. The molecule has 6 heteroatoms. The van der Waals surface area contributed by atoms with Crippen LogP contribution in [0.2, 0.25) is 0 Å². The van der Waals surface area contributed by atoms with Crippen LogP contribution in [0.15, 0.2) is 23.7 Å². The van der Waals surface area contributed by atoms with Gasteiger partial charge in [-0.3, -0.25) is 9.88 Å². The lowest BCUT2D eigenvalue weighted by Crippen LogP contribution is -2.28. The van der Waals surface area contributed by atoms with E-state index in [2.05, 4.69) is 4.98 Å². The van der Waals surface area contributed by atoms with Gasteiger partial charge in [-0.15, -0.1) is 11.3 Å². The van der Waals surface area contributed by atoms with E-state index in [-0.39, 0.29) is 6.54 Å². The van der Waals surface area contributed by atoms with Gasteiger partial charge in [-0.2, -0.15) is 0 Å². The van der Waals surface area contributed by atoms with Crippen molar-refractivity contribution >= 4 is 22.4 Å². The molecule has 0 saturated heterocycles. The summed E-state index contributed by atoms with van der Waals surface area (Å²) in [5, 5.41) is 11.9. The second-order valence-corrected chi connectivity index (χ2v) is 5.29. The predicted molar refractivity (Wildman–Crippen MR) is 78.8 cm³/mol. The molecule has 0 aliphatic heterocycles. The highest BCUT2D eigenvalue weighted by molar-refractivity contribution is 7.14. The maximum absolute atomic E-state index is 11.4. The van der Waals surface area contributed by atoms with E-state index in [0.717, 1.165) is 16.9 Å². The molecule has 0 fully saturated rings. The number of rotatable bonds is 4. The van der Waals surface area contributed by atoms with Gasteiger partial charge in [-0.25, -0.2) is 4.79 Å². The van der Waals surface area contributed by atoms with E-state index < -0.39 is 6.09 Å². The topological polar surface area (TPSA) is 62.7 Å². The summed E-state index contributed by atoms with van der Waals surface area (Å²) >= 11 is 1.38. The van der Waals surface area contributed by atoms with Gasteiger partial charge in [-0.05, 0) is 31.4 Å². The highest BCUT2D eigenvalue weighted by Gasteiger charge is 2.19. The predicted octanol–water partition coefficient (Wildman–Crippen LogP) is 3.45. The molecule has 0 saturated carbocycles. The molecule has 0 aliphatic carbocycles. The molecule has 2 aromatic heterocycles. The van der Waals surface area contributed by atoms with Crippen LogP contribution in [0.1, 0.15) is 16.8 Å². The molecule has 5 nitrogen and oxygen atoms in total. The minimum absolute atomic E-state index is 0.207. The number of anilines is 1. The summed E-state index contributed by atoms with van der Waals surface area (Å²) in [7, 11) is 1.60. The molecule has 0 aliphatic rings. The largest absolute Gasteiger partial charge is 0.496 e. The first kappa shape index (κ1) is 14.3. The van der Waals surface area contributed by atoms with E-state index in [1.54, 1.807) is 19.4 Å². The third-order valence-electron chi connectivity index (χ3n) is 3.06. The van der Waals surface area contributed by atoms with Crippen LogP contribution < -0.4 is 9.64 Å². The van der Waals surface area contributed by atoms with Crippen LogP contribution in [0.4, 0.5) is 9.80 Å². The number of aromatic nitrogens is 1. The fourth-order valence-electron chi connectivity index (χ4n) is 2.04. The number of aryl methyl sites for hydroxylation is 1. The Morgan fingerprint density at radius 3 is 2.80 bits per heavy atom. The van der Waals surface area contributed by atoms with Crippen LogP contribution in [-0.4, -0.2) is 23.3 Å². The average molecular weight is 292 g/mol. The van der Waals surface area contributed by atoms with Crippen LogP contribution in [0.5, 0.6) is 5.75 Å². The number of amides is 1. The Balaban J connectivity index is 2.35. The molecule has 106 valence electrons. The monoisotopic (exact) mass is 292 g/mol. The molecule has 2 heterocycles. The van der Waals surface area contributed by atoms with E-state index in [9.17, 15) is 9.90 Å². The first-order valence-corrected chi connectivity index (χ1v) is 6.95. The number of methoxy groups -OCH3 is 1. The molecule has 0 radical (unpaired) electrons. The van der Waals surface area contributed by atoms with Crippen molar-refractivity contribution in [2.45, 2.75) is 20.4 Å². The van der Waals surface area contributed by atoms with Crippen LogP contribution in [0.3, 0.4) is 0 Å².